The second kappa shape index (κ2) is 6.96. The molecule has 2 heterocycles. The van der Waals surface area contributed by atoms with E-state index in [9.17, 15) is 35.1 Å². The van der Waals surface area contributed by atoms with Gasteiger partial charge in [-0.3, -0.25) is 9.59 Å². The Hall–Kier alpha value is -3.72. The van der Waals surface area contributed by atoms with Gasteiger partial charge in [0.2, 0.25) is 11.2 Å². The molecule has 9 nitrogen and oxygen atoms in total. The van der Waals surface area contributed by atoms with Crippen LogP contribution in [0.2, 0.25) is 0 Å². The predicted molar refractivity (Wildman–Crippen MR) is 103 cm³/mol. The van der Waals surface area contributed by atoms with Crippen molar-refractivity contribution in [2.75, 3.05) is 0 Å². The van der Waals surface area contributed by atoms with Gasteiger partial charge in [-0.15, -0.1) is 0 Å². The van der Waals surface area contributed by atoms with Gasteiger partial charge >= 0.3 is 0 Å². The summed E-state index contributed by atoms with van der Waals surface area (Å²) in [5.74, 6) is -2.85. The molecule has 0 saturated carbocycles. The molecule has 2 unspecified atom stereocenters. The summed E-state index contributed by atoms with van der Waals surface area (Å²) in [6, 6.07) is 5.00. The highest BCUT2D eigenvalue weighted by Crippen LogP contribution is 2.44. The summed E-state index contributed by atoms with van der Waals surface area (Å²) in [4.78, 5) is 25.5. The van der Waals surface area contributed by atoms with Crippen LogP contribution in [0.4, 0.5) is 0 Å². The Labute approximate surface area is 169 Å². The Morgan fingerprint density at radius 1 is 1.07 bits per heavy atom. The number of rotatable bonds is 3. The molecule has 0 spiro atoms. The third kappa shape index (κ3) is 3.09. The SMILES string of the molecule is CC(O)Cc1oc2cc(O)c3c(c2c(=O)c1O)OC(c1ccc(O)c(O)c1)CC3=O. The molecule has 1 aliphatic heterocycles. The number of phenolic OH excluding ortho intramolecular Hbond substituents is 3. The first-order valence-corrected chi connectivity index (χ1v) is 9.11. The summed E-state index contributed by atoms with van der Waals surface area (Å²) in [5.41, 5.74) is -0.839. The van der Waals surface area contributed by atoms with E-state index in [1.54, 1.807) is 0 Å². The molecule has 2 atom stereocenters. The van der Waals surface area contributed by atoms with Gasteiger partial charge in [0.15, 0.2) is 23.0 Å². The summed E-state index contributed by atoms with van der Waals surface area (Å²) in [5, 5.41) is 49.2. The molecule has 156 valence electrons. The number of ether oxygens (including phenoxy) is 1. The van der Waals surface area contributed by atoms with Gasteiger partial charge in [0, 0.05) is 12.5 Å². The maximum Gasteiger partial charge on any atom is 0.238 e. The van der Waals surface area contributed by atoms with E-state index >= 15 is 0 Å². The fourth-order valence-corrected chi connectivity index (χ4v) is 3.52. The Morgan fingerprint density at radius 3 is 2.47 bits per heavy atom. The van der Waals surface area contributed by atoms with E-state index in [0.717, 1.165) is 6.07 Å². The normalized spacial score (nSPS) is 16.9. The van der Waals surface area contributed by atoms with Crippen molar-refractivity contribution >= 4 is 16.8 Å². The number of hydrogen-bond acceptors (Lipinski definition) is 9. The molecule has 4 rings (SSSR count). The zero-order chi connectivity index (χ0) is 21.7. The minimum Gasteiger partial charge on any atom is -0.507 e. The van der Waals surface area contributed by atoms with Crippen LogP contribution in [0.25, 0.3) is 11.0 Å². The van der Waals surface area contributed by atoms with Gasteiger partial charge < -0.3 is 34.7 Å². The largest absolute Gasteiger partial charge is 0.507 e. The third-order valence-electron chi connectivity index (χ3n) is 4.93. The molecule has 0 amide bonds. The lowest BCUT2D eigenvalue weighted by Gasteiger charge is -2.27. The lowest BCUT2D eigenvalue weighted by atomic mass is 9.93. The monoisotopic (exact) mass is 414 g/mol. The maximum atomic E-state index is 12.8. The second-order valence-corrected chi connectivity index (χ2v) is 7.21. The van der Waals surface area contributed by atoms with Crippen LogP contribution in [0.3, 0.4) is 0 Å². The van der Waals surface area contributed by atoms with Gasteiger partial charge in [0.25, 0.3) is 0 Å². The molecule has 2 aromatic carbocycles. The van der Waals surface area contributed by atoms with E-state index in [1.165, 1.54) is 25.1 Å². The number of hydrogen-bond donors (Lipinski definition) is 5. The quantitative estimate of drug-likeness (QED) is 0.405. The molecule has 5 N–H and O–H groups in total. The lowest BCUT2D eigenvalue weighted by Crippen LogP contribution is -2.22. The molecule has 1 aromatic heterocycles. The van der Waals surface area contributed by atoms with Gasteiger partial charge in [-0.05, 0) is 24.6 Å². The second-order valence-electron chi connectivity index (χ2n) is 7.21. The van der Waals surface area contributed by atoms with Crippen LogP contribution in [0.1, 0.15) is 41.1 Å². The smallest absolute Gasteiger partial charge is 0.238 e. The first kappa shape index (κ1) is 19.6. The summed E-state index contributed by atoms with van der Waals surface area (Å²) < 4.78 is 11.3. The molecule has 30 heavy (non-hydrogen) atoms. The van der Waals surface area contributed by atoms with Crippen LogP contribution in [-0.2, 0) is 6.42 Å². The maximum absolute atomic E-state index is 12.8. The van der Waals surface area contributed by atoms with Gasteiger partial charge in [-0.25, -0.2) is 0 Å². The average molecular weight is 414 g/mol. The molecule has 0 bridgehead atoms. The summed E-state index contributed by atoms with van der Waals surface area (Å²) >= 11 is 0. The summed E-state index contributed by atoms with van der Waals surface area (Å²) in [6.07, 6.45) is -2.13. The minimum atomic E-state index is -0.916. The van der Waals surface area contributed by atoms with Crippen LogP contribution >= 0.6 is 0 Å². The van der Waals surface area contributed by atoms with Crippen molar-refractivity contribution in [2.24, 2.45) is 0 Å². The molecule has 0 radical (unpaired) electrons. The fourth-order valence-electron chi connectivity index (χ4n) is 3.52. The number of carbonyl (C=O) groups is 1. The summed E-state index contributed by atoms with van der Waals surface area (Å²) in [6.45, 7) is 1.45. The number of aliphatic hydroxyl groups is 1. The molecule has 0 saturated heterocycles. The molecule has 9 heteroatoms. The van der Waals surface area contributed by atoms with Gasteiger partial charge in [0.05, 0.1) is 12.5 Å². The first-order valence-electron chi connectivity index (χ1n) is 9.11. The van der Waals surface area contributed by atoms with Crippen LogP contribution in [0.5, 0.6) is 28.7 Å². The van der Waals surface area contributed by atoms with Gasteiger partial charge in [0.1, 0.15) is 34.1 Å². The molecular weight excluding hydrogens is 396 g/mol. The molecule has 3 aromatic rings. The average Bonchev–Trinajstić information content (AvgIpc) is 2.67. The topological polar surface area (TPSA) is 158 Å². The minimum absolute atomic E-state index is 0.119. The highest BCUT2D eigenvalue weighted by Gasteiger charge is 2.34. The Bertz CT molecular complexity index is 1240. The van der Waals surface area contributed by atoms with Gasteiger partial charge in [-0.2, -0.15) is 0 Å². The standard InChI is InChI=1S/C21H18O9/c1-8(22)4-16-19(27)20(28)18-15(29-16)7-13(26)17-12(25)6-14(30-21(17)18)9-2-3-10(23)11(24)5-9/h2-3,5,7-8,14,22-24,26-27H,4,6H2,1H3. The molecule has 0 aliphatic carbocycles. The van der Waals surface area contributed by atoms with Crippen molar-refractivity contribution < 1.29 is 39.5 Å². The van der Waals surface area contributed by atoms with Crippen molar-refractivity contribution in [1.82, 2.24) is 0 Å². The van der Waals surface area contributed by atoms with Crippen molar-refractivity contribution in [1.29, 1.82) is 0 Å². The number of Topliss-reactive ketones (excluding diaryl/α,β-unsaturated/α-hetero) is 1. The Balaban J connectivity index is 1.92. The Kier molecular flexibility index (Phi) is 4.54. The van der Waals surface area contributed by atoms with Crippen LogP contribution < -0.4 is 10.2 Å². The molecule has 0 fully saturated rings. The highest BCUT2D eigenvalue weighted by molar-refractivity contribution is 6.08. The highest BCUT2D eigenvalue weighted by atomic mass is 16.5. The van der Waals surface area contributed by atoms with Crippen molar-refractivity contribution in [3.05, 3.63) is 51.4 Å². The third-order valence-corrected chi connectivity index (χ3v) is 4.93. The first-order chi connectivity index (χ1) is 14.2. The number of carbonyl (C=O) groups excluding carboxylic acids is 1. The van der Waals surface area contributed by atoms with Crippen molar-refractivity contribution in [2.45, 2.75) is 32.0 Å². The van der Waals surface area contributed by atoms with E-state index in [-0.39, 0.29) is 46.6 Å². The molecular formula is C21H18O9. The van der Waals surface area contributed by atoms with E-state index in [0.29, 0.717) is 5.56 Å². The van der Waals surface area contributed by atoms with E-state index in [2.05, 4.69) is 0 Å². The summed E-state index contributed by atoms with van der Waals surface area (Å²) in [7, 11) is 0. The van der Waals surface area contributed by atoms with E-state index in [1.807, 2.05) is 0 Å². The van der Waals surface area contributed by atoms with Gasteiger partial charge in [-0.1, -0.05) is 6.07 Å². The lowest BCUT2D eigenvalue weighted by molar-refractivity contribution is 0.0848. The number of ketones is 1. The van der Waals surface area contributed by atoms with Crippen LogP contribution in [0.15, 0.2) is 33.5 Å². The number of benzene rings is 2. The number of aliphatic hydroxyl groups excluding tert-OH is 1. The Morgan fingerprint density at radius 2 is 1.80 bits per heavy atom. The molecule has 1 aliphatic rings. The van der Waals surface area contributed by atoms with Crippen molar-refractivity contribution in [3.63, 3.8) is 0 Å². The number of phenols is 3. The number of aromatic hydroxyl groups is 4. The zero-order valence-electron chi connectivity index (χ0n) is 15.7. The number of fused-ring (bicyclic) bond motifs is 3. The van der Waals surface area contributed by atoms with E-state index < -0.39 is 40.7 Å². The predicted octanol–water partition coefficient (Wildman–Crippen LogP) is 2.25. The zero-order valence-corrected chi connectivity index (χ0v) is 15.7. The van der Waals surface area contributed by atoms with Crippen molar-refractivity contribution in [3.8, 4) is 28.7 Å². The van der Waals surface area contributed by atoms with Crippen LogP contribution in [-0.4, -0.2) is 37.4 Å². The fraction of sp³-hybridized carbons (Fsp3) is 0.238. The van der Waals surface area contributed by atoms with E-state index in [4.69, 9.17) is 9.15 Å². The van der Waals surface area contributed by atoms with Crippen LogP contribution in [0, 0.1) is 0 Å².